The minimum absolute atomic E-state index is 0.0384. The second-order valence-electron chi connectivity index (χ2n) is 6.84. The maximum atomic E-state index is 12.2. The van der Waals surface area contributed by atoms with Gasteiger partial charge in [-0.3, -0.25) is 0 Å². The number of carboxylic acids is 1. The first-order valence-corrected chi connectivity index (χ1v) is 11.1. The number of rotatable bonds is 7. The van der Waals surface area contributed by atoms with Crippen molar-refractivity contribution in [3.63, 3.8) is 0 Å². The summed E-state index contributed by atoms with van der Waals surface area (Å²) in [6.45, 7) is 0.179. The Morgan fingerprint density at radius 1 is 1.07 bits per heavy atom. The Hall–Kier alpha value is -2.47. The van der Waals surface area contributed by atoms with Crippen molar-refractivity contribution in [2.24, 2.45) is 0 Å². The lowest BCUT2D eigenvalue weighted by atomic mass is 9.98. The quantitative estimate of drug-likeness (QED) is 0.717. The van der Waals surface area contributed by atoms with Gasteiger partial charge in [-0.05, 0) is 33.1 Å². The highest BCUT2D eigenvalue weighted by molar-refractivity contribution is 7.95. The topological polar surface area (TPSA) is 75.6 Å². The van der Waals surface area contributed by atoms with Crippen LogP contribution in [0.5, 0.6) is 0 Å². The average molecular weight is 386 g/mol. The summed E-state index contributed by atoms with van der Waals surface area (Å²) in [7, 11) is 0.122. The second kappa shape index (κ2) is 8.48. The summed E-state index contributed by atoms with van der Waals surface area (Å²) < 4.78 is 5.42. The molecule has 0 fully saturated rings. The van der Waals surface area contributed by atoms with Crippen molar-refractivity contribution in [1.29, 1.82) is 0 Å². The van der Waals surface area contributed by atoms with Gasteiger partial charge in [0.2, 0.25) is 0 Å². The van der Waals surface area contributed by atoms with Gasteiger partial charge in [0, 0.05) is 12.3 Å². The van der Waals surface area contributed by atoms with Crippen LogP contribution in [0.2, 0.25) is 0 Å². The van der Waals surface area contributed by atoms with E-state index in [0.29, 0.717) is 6.42 Å². The molecule has 27 heavy (non-hydrogen) atoms. The third-order valence-electron chi connectivity index (χ3n) is 4.75. The molecule has 0 radical (unpaired) electrons. The number of hydrogen-bond donors (Lipinski definition) is 2. The molecule has 0 aromatic heterocycles. The molecule has 142 valence electrons. The first-order valence-electron chi connectivity index (χ1n) is 8.86. The summed E-state index contributed by atoms with van der Waals surface area (Å²) >= 11 is 0. The Labute approximate surface area is 162 Å². The SMILES string of the molecule is C[S+](C)CCC(NC(=O)OCC1c2ccccc2-c2ccccc21)C(=O)O. The van der Waals surface area contributed by atoms with E-state index >= 15 is 0 Å². The van der Waals surface area contributed by atoms with Gasteiger partial charge in [0.15, 0.2) is 0 Å². The van der Waals surface area contributed by atoms with Crippen molar-refractivity contribution in [2.75, 3.05) is 24.9 Å². The number of alkyl carbamates (subject to hydrolysis) is 1. The van der Waals surface area contributed by atoms with Crippen LogP contribution in [0.4, 0.5) is 4.79 Å². The molecule has 3 rings (SSSR count). The summed E-state index contributed by atoms with van der Waals surface area (Å²) in [6, 6.07) is 15.3. The first kappa shape index (κ1) is 19.3. The second-order valence-corrected chi connectivity index (χ2v) is 9.22. The number of carbonyl (C=O) groups is 2. The molecule has 1 aliphatic carbocycles. The molecule has 2 N–H and O–H groups in total. The molecular formula is C21H24NO4S+. The Morgan fingerprint density at radius 2 is 1.63 bits per heavy atom. The normalized spacial score (nSPS) is 13.7. The van der Waals surface area contributed by atoms with Gasteiger partial charge in [0.25, 0.3) is 0 Å². The lowest BCUT2D eigenvalue weighted by molar-refractivity contribution is -0.139. The number of fused-ring (bicyclic) bond motifs is 3. The minimum Gasteiger partial charge on any atom is -0.480 e. The van der Waals surface area contributed by atoms with E-state index in [1.54, 1.807) is 0 Å². The van der Waals surface area contributed by atoms with Crippen molar-refractivity contribution in [1.82, 2.24) is 5.32 Å². The monoisotopic (exact) mass is 386 g/mol. The van der Waals surface area contributed by atoms with Gasteiger partial charge >= 0.3 is 12.1 Å². The third-order valence-corrected chi connectivity index (χ3v) is 5.80. The molecule has 2 aromatic carbocycles. The van der Waals surface area contributed by atoms with Crippen LogP contribution in [-0.2, 0) is 20.4 Å². The van der Waals surface area contributed by atoms with Gasteiger partial charge in [0.1, 0.15) is 18.4 Å². The third kappa shape index (κ3) is 4.45. The van der Waals surface area contributed by atoms with Crippen LogP contribution in [0.15, 0.2) is 48.5 Å². The van der Waals surface area contributed by atoms with Crippen LogP contribution >= 0.6 is 0 Å². The van der Waals surface area contributed by atoms with Gasteiger partial charge < -0.3 is 15.2 Å². The van der Waals surface area contributed by atoms with Crippen LogP contribution in [0.25, 0.3) is 11.1 Å². The number of amides is 1. The van der Waals surface area contributed by atoms with Crippen molar-refractivity contribution >= 4 is 23.0 Å². The molecule has 6 heteroatoms. The van der Waals surface area contributed by atoms with Gasteiger partial charge in [-0.2, -0.15) is 0 Å². The highest BCUT2D eigenvalue weighted by atomic mass is 32.2. The highest BCUT2D eigenvalue weighted by Gasteiger charge is 2.30. The largest absolute Gasteiger partial charge is 0.480 e. The minimum atomic E-state index is -1.03. The lowest BCUT2D eigenvalue weighted by Gasteiger charge is -2.17. The van der Waals surface area contributed by atoms with E-state index in [4.69, 9.17) is 4.74 Å². The molecule has 0 aliphatic heterocycles. The highest BCUT2D eigenvalue weighted by Crippen LogP contribution is 2.44. The zero-order chi connectivity index (χ0) is 19.4. The molecule has 1 unspecified atom stereocenters. The predicted octanol–water partition coefficient (Wildman–Crippen LogP) is 3.25. The van der Waals surface area contributed by atoms with Crippen molar-refractivity contribution in [3.05, 3.63) is 59.7 Å². The summed E-state index contributed by atoms with van der Waals surface area (Å²) in [5.41, 5.74) is 4.57. The van der Waals surface area contributed by atoms with Crippen molar-refractivity contribution in [2.45, 2.75) is 18.4 Å². The maximum Gasteiger partial charge on any atom is 0.407 e. The number of carbonyl (C=O) groups excluding carboxylic acids is 1. The van der Waals surface area contributed by atoms with Gasteiger partial charge in [-0.15, -0.1) is 0 Å². The van der Waals surface area contributed by atoms with Crippen LogP contribution in [0.1, 0.15) is 23.5 Å². The number of ether oxygens (including phenoxy) is 1. The maximum absolute atomic E-state index is 12.2. The molecule has 0 saturated heterocycles. The molecule has 1 amide bonds. The number of carboxylic acid groups (broad SMARTS) is 1. The van der Waals surface area contributed by atoms with E-state index in [9.17, 15) is 14.7 Å². The lowest BCUT2D eigenvalue weighted by Crippen LogP contribution is -2.42. The fraction of sp³-hybridized carbons (Fsp3) is 0.333. The summed E-state index contributed by atoms with van der Waals surface area (Å²) in [4.78, 5) is 23.6. The van der Waals surface area contributed by atoms with Crippen molar-refractivity contribution in [3.8, 4) is 11.1 Å². The average Bonchev–Trinajstić information content (AvgIpc) is 2.97. The molecule has 5 nitrogen and oxygen atoms in total. The van der Waals surface area contributed by atoms with Gasteiger partial charge in [0.05, 0.1) is 12.5 Å². The van der Waals surface area contributed by atoms with E-state index in [2.05, 4.69) is 17.4 Å². The van der Waals surface area contributed by atoms with Crippen molar-refractivity contribution < 1.29 is 19.4 Å². The van der Waals surface area contributed by atoms with E-state index in [-0.39, 0.29) is 23.4 Å². The van der Waals surface area contributed by atoms with Crippen LogP contribution in [0.3, 0.4) is 0 Å². The Kier molecular flexibility index (Phi) is 6.06. The molecule has 0 saturated carbocycles. The van der Waals surface area contributed by atoms with E-state index in [1.807, 2.05) is 48.9 Å². The zero-order valence-electron chi connectivity index (χ0n) is 15.5. The molecule has 0 bridgehead atoms. The molecule has 2 aromatic rings. The predicted molar refractivity (Wildman–Crippen MR) is 108 cm³/mol. The smallest absolute Gasteiger partial charge is 0.407 e. The van der Waals surface area contributed by atoms with Gasteiger partial charge in [-0.1, -0.05) is 48.5 Å². The molecule has 1 aliphatic rings. The number of nitrogens with one attached hydrogen (secondary N) is 1. The standard InChI is InChI=1S/C21H23NO4S/c1-27(2)12-11-19(20(23)24)22-21(25)26-13-18-16-9-5-3-7-14(16)15-8-4-6-10-17(15)18/h3-10,18-19H,11-13H2,1-2H3,(H-,22,23,24,25)/p+1. The summed E-state index contributed by atoms with van der Waals surface area (Å²) in [6.07, 6.45) is 3.81. The molecule has 1 atom stereocenters. The van der Waals surface area contributed by atoms with Crippen LogP contribution in [0, 0.1) is 0 Å². The number of hydrogen-bond acceptors (Lipinski definition) is 3. The van der Waals surface area contributed by atoms with Crippen LogP contribution < -0.4 is 5.32 Å². The van der Waals surface area contributed by atoms with E-state index in [0.717, 1.165) is 28.0 Å². The van der Waals surface area contributed by atoms with E-state index in [1.165, 1.54) is 0 Å². The summed E-state index contributed by atoms with van der Waals surface area (Å²) in [5, 5.41) is 11.8. The Morgan fingerprint density at radius 3 is 2.15 bits per heavy atom. The molecule has 0 heterocycles. The molecule has 0 spiro atoms. The number of benzene rings is 2. The van der Waals surface area contributed by atoms with E-state index < -0.39 is 18.1 Å². The summed E-state index contributed by atoms with van der Waals surface area (Å²) in [5.74, 6) is -0.321. The number of aliphatic carboxylic acids is 1. The fourth-order valence-corrected chi connectivity index (χ4v) is 4.10. The van der Waals surface area contributed by atoms with Crippen LogP contribution in [-0.4, -0.2) is 48.1 Å². The first-order chi connectivity index (χ1) is 13.0. The Balaban J connectivity index is 1.66. The fourth-order valence-electron chi connectivity index (χ4n) is 3.39. The van der Waals surface area contributed by atoms with Gasteiger partial charge in [-0.25, -0.2) is 9.59 Å². The molecular weight excluding hydrogens is 362 g/mol. The Bertz CT molecular complexity index is 791. The zero-order valence-corrected chi connectivity index (χ0v) is 16.3.